The quantitative estimate of drug-likeness (QED) is 0.508. The van der Waals surface area contributed by atoms with Gasteiger partial charge in [-0.05, 0) is 24.3 Å². The Hall–Kier alpha value is -2.77. The number of aryl methyl sites for hydroxylation is 1. The zero-order valence-electron chi connectivity index (χ0n) is 9.40. The van der Waals surface area contributed by atoms with Crippen LogP contribution in [0, 0.1) is 17.0 Å². The van der Waals surface area contributed by atoms with E-state index in [-0.39, 0.29) is 11.2 Å². The zero-order valence-corrected chi connectivity index (χ0v) is 9.40. The highest BCUT2D eigenvalue weighted by Crippen LogP contribution is 2.23. The van der Waals surface area contributed by atoms with Gasteiger partial charge in [-0.15, -0.1) is 9.91 Å². The number of aromatic nitrogens is 2. The Labute approximate surface area is 101 Å². The minimum Gasteiger partial charge on any atom is -0.281 e. The Kier molecular flexibility index (Phi) is 3.00. The van der Waals surface area contributed by atoms with Gasteiger partial charge >= 0.3 is 0 Å². The third kappa shape index (κ3) is 2.32. The second kappa shape index (κ2) is 4.62. The van der Waals surface area contributed by atoms with Crippen LogP contribution in [-0.2, 0) is 0 Å². The highest BCUT2D eigenvalue weighted by Gasteiger charge is 2.09. The van der Waals surface area contributed by atoms with E-state index in [0.717, 1.165) is 4.79 Å². The number of hydrogen-bond donors (Lipinski definition) is 1. The van der Waals surface area contributed by atoms with E-state index in [1.165, 1.54) is 30.5 Å². The molecule has 1 aromatic carbocycles. The molecule has 0 fully saturated rings. The van der Waals surface area contributed by atoms with Crippen LogP contribution in [0.15, 0.2) is 45.6 Å². The summed E-state index contributed by atoms with van der Waals surface area (Å²) in [5.41, 5.74) is 0.596. The van der Waals surface area contributed by atoms with Gasteiger partial charge in [0.05, 0.1) is 10.6 Å². The molecular weight excluding hydrogens is 238 g/mol. The first-order chi connectivity index (χ1) is 8.58. The summed E-state index contributed by atoms with van der Waals surface area (Å²) >= 11 is 0. The van der Waals surface area contributed by atoms with E-state index >= 15 is 0 Å². The van der Waals surface area contributed by atoms with Gasteiger partial charge in [-0.1, -0.05) is 0 Å². The largest absolute Gasteiger partial charge is 0.289 e. The van der Waals surface area contributed by atoms with E-state index in [2.05, 4.69) is 15.4 Å². The molecule has 2 aromatic rings. The zero-order chi connectivity index (χ0) is 13.1. The smallest absolute Gasteiger partial charge is 0.281 e. The Morgan fingerprint density at radius 3 is 2.72 bits per heavy atom. The third-order valence-corrected chi connectivity index (χ3v) is 2.26. The van der Waals surface area contributed by atoms with Crippen molar-refractivity contribution in [2.45, 2.75) is 6.92 Å². The van der Waals surface area contributed by atoms with Crippen LogP contribution in [-0.4, -0.2) is 14.8 Å². The van der Waals surface area contributed by atoms with E-state index < -0.39 is 4.92 Å². The van der Waals surface area contributed by atoms with Crippen molar-refractivity contribution in [2.24, 2.45) is 10.3 Å². The molecule has 0 aliphatic heterocycles. The number of aromatic amines is 1. The number of nitrogens with one attached hydrogen (secondary N) is 1. The number of rotatable bonds is 3. The van der Waals surface area contributed by atoms with Crippen molar-refractivity contribution in [1.82, 2.24) is 9.89 Å². The van der Waals surface area contributed by atoms with Crippen molar-refractivity contribution >= 4 is 11.4 Å². The summed E-state index contributed by atoms with van der Waals surface area (Å²) in [6.45, 7) is 1.61. The topological polar surface area (TPSA) is 106 Å². The monoisotopic (exact) mass is 247 g/mol. The molecule has 2 rings (SSSR count). The number of benzene rings is 1. The van der Waals surface area contributed by atoms with Crippen molar-refractivity contribution in [2.75, 3.05) is 0 Å². The van der Waals surface area contributed by atoms with Crippen LogP contribution in [0.1, 0.15) is 5.56 Å². The van der Waals surface area contributed by atoms with Crippen LogP contribution in [0.5, 0.6) is 0 Å². The van der Waals surface area contributed by atoms with Crippen LogP contribution in [0.4, 0.5) is 11.4 Å². The van der Waals surface area contributed by atoms with Crippen LogP contribution >= 0.6 is 0 Å². The molecule has 18 heavy (non-hydrogen) atoms. The fraction of sp³-hybridized carbons (Fsp3) is 0.100. The van der Waals surface area contributed by atoms with Gasteiger partial charge in [0, 0.05) is 23.9 Å². The van der Waals surface area contributed by atoms with E-state index in [0.29, 0.717) is 11.3 Å². The molecule has 0 spiro atoms. The van der Waals surface area contributed by atoms with Gasteiger partial charge in [0.15, 0.2) is 0 Å². The first-order valence-corrected chi connectivity index (χ1v) is 5.01. The number of nitro benzene ring substituents is 1. The molecule has 0 saturated carbocycles. The average Bonchev–Trinajstić information content (AvgIpc) is 2.72. The Balaban J connectivity index is 2.28. The molecule has 92 valence electrons. The molecule has 1 aromatic heterocycles. The number of nitrogens with zero attached hydrogens (tertiary/aromatic N) is 4. The number of H-pyrrole nitrogens is 1. The standard InChI is InChI=1S/C10H9N5O3/c1-7-6-8(2-3-9(7)15(17)18)12-13-14-10(16)4-5-11-14/h2-6,11H,1H3/b13-12+. The summed E-state index contributed by atoms with van der Waals surface area (Å²) < 4.78 is 0. The van der Waals surface area contributed by atoms with Crippen LogP contribution < -0.4 is 5.56 Å². The lowest BCUT2D eigenvalue weighted by molar-refractivity contribution is -0.385. The van der Waals surface area contributed by atoms with Gasteiger partial charge in [-0.25, -0.2) is 0 Å². The van der Waals surface area contributed by atoms with Gasteiger partial charge in [-0.2, -0.15) is 0 Å². The second-order valence-corrected chi connectivity index (χ2v) is 3.53. The second-order valence-electron chi connectivity index (χ2n) is 3.53. The van der Waals surface area contributed by atoms with Crippen molar-refractivity contribution in [3.05, 3.63) is 56.5 Å². The maximum Gasteiger partial charge on any atom is 0.289 e. The van der Waals surface area contributed by atoms with Gasteiger partial charge in [0.1, 0.15) is 0 Å². The van der Waals surface area contributed by atoms with Gasteiger partial charge in [0.2, 0.25) is 0 Å². The highest BCUT2D eigenvalue weighted by molar-refractivity contribution is 5.49. The molecule has 0 unspecified atom stereocenters. The van der Waals surface area contributed by atoms with Crippen molar-refractivity contribution in [1.29, 1.82) is 0 Å². The predicted octanol–water partition coefficient (Wildman–Crippen LogP) is 1.94. The molecule has 0 radical (unpaired) electrons. The minimum atomic E-state index is -0.467. The summed E-state index contributed by atoms with van der Waals surface area (Å²) in [7, 11) is 0. The van der Waals surface area contributed by atoms with E-state index in [1.54, 1.807) is 6.92 Å². The first-order valence-electron chi connectivity index (χ1n) is 5.01. The number of nitro groups is 1. The molecule has 0 amide bonds. The Morgan fingerprint density at radius 1 is 1.39 bits per heavy atom. The summed E-state index contributed by atoms with van der Waals surface area (Å²) in [4.78, 5) is 22.3. The highest BCUT2D eigenvalue weighted by atomic mass is 16.6. The molecule has 0 aliphatic carbocycles. The molecular formula is C10H9N5O3. The minimum absolute atomic E-state index is 0.0194. The SMILES string of the molecule is Cc1cc(/N=N/n2[nH]ccc2=O)ccc1[N+](=O)[O-]. The lowest BCUT2D eigenvalue weighted by atomic mass is 10.2. The summed E-state index contributed by atoms with van der Waals surface area (Å²) in [6, 6.07) is 5.64. The fourth-order valence-electron chi connectivity index (χ4n) is 1.39. The predicted molar refractivity (Wildman–Crippen MR) is 62.8 cm³/mol. The molecule has 0 saturated heterocycles. The molecule has 0 bridgehead atoms. The molecule has 8 heteroatoms. The molecule has 1 N–H and O–H groups in total. The van der Waals surface area contributed by atoms with Gasteiger partial charge < -0.3 is 0 Å². The maximum atomic E-state index is 11.1. The summed E-state index contributed by atoms with van der Waals surface area (Å²) in [5.74, 6) is 0. The molecule has 8 nitrogen and oxygen atoms in total. The number of hydrogen-bond acceptors (Lipinski definition) is 5. The normalized spacial score (nSPS) is 10.9. The lowest BCUT2D eigenvalue weighted by Crippen LogP contribution is -2.09. The van der Waals surface area contributed by atoms with Crippen LogP contribution in [0.3, 0.4) is 0 Å². The van der Waals surface area contributed by atoms with Crippen molar-refractivity contribution < 1.29 is 4.92 Å². The summed E-state index contributed by atoms with van der Waals surface area (Å²) in [5, 5.41) is 20.6. The Bertz CT molecular complexity index is 670. The van der Waals surface area contributed by atoms with E-state index in [1.807, 2.05) is 0 Å². The van der Waals surface area contributed by atoms with Crippen LogP contribution in [0.25, 0.3) is 0 Å². The average molecular weight is 247 g/mol. The third-order valence-electron chi connectivity index (χ3n) is 2.26. The lowest BCUT2D eigenvalue weighted by Gasteiger charge is -1.97. The summed E-state index contributed by atoms with van der Waals surface area (Å²) in [6.07, 6.45) is 1.43. The molecule has 0 aliphatic rings. The van der Waals surface area contributed by atoms with E-state index in [9.17, 15) is 14.9 Å². The van der Waals surface area contributed by atoms with Gasteiger partial charge in [-0.3, -0.25) is 20.0 Å². The van der Waals surface area contributed by atoms with E-state index in [4.69, 9.17) is 0 Å². The van der Waals surface area contributed by atoms with Crippen molar-refractivity contribution in [3.63, 3.8) is 0 Å². The molecule has 1 heterocycles. The first kappa shape index (κ1) is 11.7. The fourth-order valence-corrected chi connectivity index (χ4v) is 1.39. The Morgan fingerprint density at radius 2 is 2.17 bits per heavy atom. The molecule has 0 atom stereocenters. The van der Waals surface area contributed by atoms with Crippen molar-refractivity contribution in [3.8, 4) is 0 Å². The van der Waals surface area contributed by atoms with Crippen LogP contribution in [0.2, 0.25) is 0 Å². The maximum absolute atomic E-state index is 11.1. The van der Waals surface area contributed by atoms with Gasteiger partial charge in [0.25, 0.3) is 11.2 Å².